The second-order valence-electron chi connectivity index (χ2n) is 5.94. The molecule has 1 heterocycles. The Bertz CT molecular complexity index is 448. The first kappa shape index (κ1) is 15.0. The monoisotopic (exact) mass is 278 g/mol. The van der Waals surface area contributed by atoms with E-state index >= 15 is 0 Å². The minimum Gasteiger partial charge on any atom is -0.493 e. The number of methoxy groups -OCH3 is 2. The zero-order valence-corrected chi connectivity index (χ0v) is 12.9. The fourth-order valence-electron chi connectivity index (χ4n) is 2.89. The Morgan fingerprint density at radius 3 is 2.45 bits per heavy atom. The van der Waals surface area contributed by atoms with E-state index in [2.05, 4.69) is 24.8 Å². The summed E-state index contributed by atoms with van der Waals surface area (Å²) in [7, 11) is 3.32. The summed E-state index contributed by atoms with van der Waals surface area (Å²) in [5, 5.41) is 0. The van der Waals surface area contributed by atoms with Gasteiger partial charge in [-0.25, -0.2) is 0 Å². The quantitative estimate of drug-likeness (QED) is 0.919. The minimum absolute atomic E-state index is 0.240. The highest BCUT2D eigenvalue weighted by molar-refractivity contribution is 5.56. The first-order valence-electron chi connectivity index (χ1n) is 7.27. The molecule has 4 heteroatoms. The van der Waals surface area contributed by atoms with Crippen molar-refractivity contribution in [3.63, 3.8) is 0 Å². The van der Waals surface area contributed by atoms with Crippen molar-refractivity contribution in [2.24, 2.45) is 17.6 Å². The number of benzene rings is 1. The average Bonchev–Trinajstić information content (AvgIpc) is 2.45. The van der Waals surface area contributed by atoms with Crippen molar-refractivity contribution in [1.29, 1.82) is 0 Å². The van der Waals surface area contributed by atoms with Crippen LogP contribution in [0.2, 0.25) is 0 Å². The third kappa shape index (κ3) is 3.18. The third-order valence-electron chi connectivity index (χ3n) is 4.19. The van der Waals surface area contributed by atoms with Crippen LogP contribution in [0, 0.1) is 11.8 Å². The Labute approximate surface area is 121 Å². The zero-order valence-electron chi connectivity index (χ0n) is 12.9. The Balaban J connectivity index is 2.21. The van der Waals surface area contributed by atoms with E-state index in [1.54, 1.807) is 14.2 Å². The molecule has 0 saturated carbocycles. The van der Waals surface area contributed by atoms with Crippen LogP contribution in [0.5, 0.6) is 11.5 Å². The normalized spacial score (nSPS) is 23.0. The second kappa shape index (κ2) is 6.35. The predicted molar refractivity (Wildman–Crippen MR) is 82.7 cm³/mol. The summed E-state index contributed by atoms with van der Waals surface area (Å²) in [6, 6.07) is 6.31. The van der Waals surface area contributed by atoms with Crippen LogP contribution in [-0.2, 0) is 0 Å². The van der Waals surface area contributed by atoms with Crippen LogP contribution in [0.15, 0.2) is 18.2 Å². The summed E-state index contributed by atoms with van der Waals surface area (Å²) in [6.45, 7) is 6.50. The maximum Gasteiger partial charge on any atom is 0.162 e. The summed E-state index contributed by atoms with van der Waals surface area (Å²) >= 11 is 0. The number of anilines is 1. The van der Waals surface area contributed by atoms with E-state index in [4.69, 9.17) is 15.2 Å². The predicted octanol–water partition coefficient (Wildman–Crippen LogP) is 2.51. The van der Waals surface area contributed by atoms with Gasteiger partial charge in [0.2, 0.25) is 0 Å². The number of nitrogens with two attached hydrogens (primary N) is 1. The number of piperidine rings is 1. The topological polar surface area (TPSA) is 47.7 Å². The Morgan fingerprint density at radius 1 is 1.15 bits per heavy atom. The lowest BCUT2D eigenvalue weighted by Crippen LogP contribution is -2.48. The first-order chi connectivity index (χ1) is 9.55. The fourth-order valence-corrected chi connectivity index (χ4v) is 2.89. The molecule has 1 aliphatic rings. The molecular formula is C16H26N2O2. The molecule has 1 fully saturated rings. The van der Waals surface area contributed by atoms with Crippen molar-refractivity contribution < 1.29 is 9.47 Å². The van der Waals surface area contributed by atoms with E-state index in [9.17, 15) is 0 Å². The van der Waals surface area contributed by atoms with Crippen molar-refractivity contribution in [3.8, 4) is 11.5 Å². The van der Waals surface area contributed by atoms with E-state index in [0.717, 1.165) is 36.7 Å². The van der Waals surface area contributed by atoms with Gasteiger partial charge >= 0.3 is 0 Å². The molecule has 1 saturated heterocycles. The summed E-state index contributed by atoms with van der Waals surface area (Å²) < 4.78 is 10.7. The lowest BCUT2D eigenvalue weighted by atomic mass is 9.85. The number of rotatable bonds is 4. The highest BCUT2D eigenvalue weighted by Gasteiger charge is 2.27. The van der Waals surface area contributed by atoms with E-state index in [-0.39, 0.29) is 6.04 Å². The van der Waals surface area contributed by atoms with Crippen LogP contribution in [-0.4, -0.2) is 33.4 Å². The Kier molecular flexibility index (Phi) is 4.76. The van der Waals surface area contributed by atoms with Gasteiger partial charge < -0.3 is 20.1 Å². The van der Waals surface area contributed by atoms with E-state index in [0.29, 0.717) is 11.8 Å². The molecule has 1 aromatic carbocycles. The Morgan fingerprint density at radius 2 is 1.85 bits per heavy atom. The van der Waals surface area contributed by atoms with Gasteiger partial charge in [-0.05, 0) is 30.4 Å². The largest absolute Gasteiger partial charge is 0.493 e. The lowest BCUT2D eigenvalue weighted by Gasteiger charge is -2.39. The lowest BCUT2D eigenvalue weighted by molar-refractivity contribution is 0.298. The first-order valence-corrected chi connectivity index (χ1v) is 7.27. The molecule has 112 valence electrons. The van der Waals surface area contributed by atoms with Gasteiger partial charge in [-0.15, -0.1) is 0 Å². The van der Waals surface area contributed by atoms with Crippen molar-refractivity contribution in [1.82, 2.24) is 0 Å². The van der Waals surface area contributed by atoms with Gasteiger partial charge in [0, 0.05) is 30.9 Å². The highest BCUT2D eigenvalue weighted by Crippen LogP contribution is 2.34. The molecule has 0 spiro atoms. The molecule has 0 aromatic heterocycles. The van der Waals surface area contributed by atoms with E-state index < -0.39 is 0 Å². The fraction of sp³-hybridized carbons (Fsp3) is 0.625. The molecule has 1 aliphatic heterocycles. The zero-order chi connectivity index (χ0) is 14.7. The maximum absolute atomic E-state index is 6.22. The van der Waals surface area contributed by atoms with Crippen molar-refractivity contribution >= 4 is 5.69 Å². The van der Waals surface area contributed by atoms with E-state index in [1.165, 1.54) is 0 Å². The number of nitrogens with zero attached hydrogens (tertiary/aromatic N) is 1. The van der Waals surface area contributed by atoms with Gasteiger partial charge in [-0.3, -0.25) is 0 Å². The molecule has 2 rings (SSSR count). The van der Waals surface area contributed by atoms with Crippen LogP contribution < -0.4 is 20.1 Å². The third-order valence-corrected chi connectivity index (χ3v) is 4.19. The molecular weight excluding hydrogens is 252 g/mol. The molecule has 4 nitrogen and oxygen atoms in total. The van der Waals surface area contributed by atoms with Crippen LogP contribution in [0.25, 0.3) is 0 Å². The Hall–Kier alpha value is -1.42. The molecule has 0 aliphatic carbocycles. The second-order valence-corrected chi connectivity index (χ2v) is 5.94. The summed E-state index contributed by atoms with van der Waals surface area (Å²) in [4.78, 5) is 2.36. The van der Waals surface area contributed by atoms with Crippen molar-refractivity contribution in [3.05, 3.63) is 18.2 Å². The molecule has 2 unspecified atom stereocenters. The molecule has 0 amide bonds. The van der Waals surface area contributed by atoms with Gasteiger partial charge in [0.1, 0.15) is 0 Å². The molecule has 0 radical (unpaired) electrons. The van der Waals surface area contributed by atoms with Crippen LogP contribution in [0.1, 0.15) is 20.3 Å². The van der Waals surface area contributed by atoms with Gasteiger partial charge in [0.25, 0.3) is 0 Å². The summed E-state index contributed by atoms with van der Waals surface area (Å²) in [6.07, 6.45) is 1.11. The van der Waals surface area contributed by atoms with Gasteiger partial charge in [0.05, 0.1) is 14.2 Å². The number of hydrogen-bond acceptors (Lipinski definition) is 4. The summed E-state index contributed by atoms with van der Waals surface area (Å²) in [5.74, 6) is 2.83. The van der Waals surface area contributed by atoms with Crippen molar-refractivity contribution in [2.75, 3.05) is 32.2 Å². The number of ether oxygens (including phenoxy) is 2. The summed E-state index contributed by atoms with van der Waals surface area (Å²) in [5.41, 5.74) is 7.38. The minimum atomic E-state index is 0.240. The van der Waals surface area contributed by atoms with Crippen LogP contribution in [0.3, 0.4) is 0 Å². The molecule has 20 heavy (non-hydrogen) atoms. The highest BCUT2D eigenvalue weighted by atomic mass is 16.5. The average molecular weight is 278 g/mol. The smallest absolute Gasteiger partial charge is 0.162 e. The maximum atomic E-state index is 6.22. The van der Waals surface area contributed by atoms with Crippen molar-refractivity contribution in [2.45, 2.75) is 26.3 Å². The standard InChI is InChI=1S/C16H26N2O2/c1-11(2)12-7-13(17)10-18(9-12)14-5-6-15(19-3)16(8-14)20-4/h5-6,8,11-13H,7,9-10,17H2,1-4H3. The molecule has 0 bridgehead atoms. The van der Waals surface area contributed by atoms with Crippen LogP contribution in [0.4, 0.5) is 5.69 Å². The SMILES string of the molecule is COc1ccc(N2CC(N)CC(C(C)C)C2)cc1OC. The van der Waals surface area contributed by atoms with Gasteiger partial charge in [0.15, 0.2) is 11.5 Å². The van der Waals surface area contributed by atoms with Crippen LogP contribution >= 0.6 is 0 Å². The molecule has 2 N–H and O–H groups in total. The molecule has 1 aromatic rings. The van der Waals surface area contributed by atoms with E-state index in [1.807, 2.05) is 12.1 Å². The molecule has 2 atom stereocenters. The van der Waals surface area contributed by atoms with Gasteiger partial charge in [-0.1, -0.05) is 13.8 Å². The number of hydrogen-bond donors (Lipinski definition) is 1. The van der Waals surface area contributed by atoms with Gasteiger partial charge in [-0.2, -0.15) is 0 Å².